The highest BCUT2D eigenvalue weighted by atomic mass is 19.4. The number of fused-ring (bicyclic) bond motifs is 2. The van der Waals surface area contributed by atoms with E-state index in [4.69, 9.17) is 9.47 Å². The highest BCUT2D eigenvalue weighted by Gasteiger charge is 2.37. The zero-order valence-electron chi connectivity index (χ0n) is 17.4. The van der Waals surface area contributed by atoms with Gasteiger partial charge in [-0.3, -0.25) is 4.90 Å². The first-order chi connectivity index (χ1) is 15.7. The van der Waals surface area contributed by atoms with Crippen LogP contribution in [0.5, 0.6) is 5.75 Å². The van der Waals surface area contributed by atoms with Crippen molar-refractivity contribution >= 4 is 22.4 Å². The number of aromatic nitrogens is 2. The highest BCUT2D eigenvalue weighted by molar-refractivity contribution is 6.09. The molecule has 0 radical (unpaired) electrons. The van der Waals surface area contributed by atoms with Crippen molar-refractivity contribution < 1.29 is 31.4 Å². The molecule has 33 heavy (non-hydrogen) atoms. The van der Waals surface area contributed by atoms with Crippen molar-refractivity contribution in [3.63, 3.8) is 0 Å². The molecule has 2 aliphatic heterocycles. The van der Waals surface area contributed by atoms with Gasteiger partial charge in [-0.05, 0) is 31.2 Å². The molecule has 1 aromatic heterocycles. The van der Waals surface area contributed by atoms with Crippen LogP contribution < -0.4 is 4.74 Å². The monoisotopic (exact) mass is 466 g/mol. The van der Waals surface area contributed by atoms with Crippen LogP contribution in [0.1, 0.15) is 18.3 Å². The van der Waals surface area contributed by atoms with Crippen molar-refractivity contribution in [3.8, 4) is 5.75 Å². The second-order valence-corrected chi connectivity index (χ2v) is 8.02. The summed E-state index contributed by atoms with van der Waals surface area (Å²) in [5.41, 5.74) is 0.255. The number of hydrogen-bond donors (Lipinski definition) is 1. The van der Waals surface area contributed by atoms with E-state index < -0.39 is 29.7 Å². The Morgan fingerprint density at radius 3 is 2.76 bits per heavy atom. The predicted octanol–water partition coefficient (Wildman–Crippen LogP) is 4.46. The Hall–Kier alpha value is -3.05. The molecule has 0 spiro atoms. The summed E-state index contributed by atoms with van der Waals surface area (Å²) < 4.78 is 79.7. The van der Waals surface area contributed by atoms with E-state index in [9.17, 15) is 22.0 Å². The lowest BCUT2D eigenvalue weighted by molar-refractivity contribution is -0.144. The van der Waals surface area contributed by atoms with Crippen LogP contribution in [0.4, 0.5) is 27.6 Å². The number of halogens is 5. The Morgan fingerprint density at radius 2 is 2.00 bits per heavy atom. The maximum Gasteiger partial charge on any atom is 0.449 e. The van der Waals surface area contributed by atoms with Gasteiger partial charge in [-0.2, -0.15) is 13.2 Å². The van der Waals surface area contributed by atoms with Crippen LogP contribution in [0, 0.1) is 11.6 Å². The quantitative estimate of drug-likeness (QED) is 0.567. The molecular formula is C22H19F5N4O2. The number of alkyl halides is 3. The van der Waals surface area contributed by atoms with E-state index in [0.29, 0.717) is 31.0 Å². The minimum absolute atomic E-state index is 0.00556. The molecule has 5 rings (SSSR count). The van der Waals surface area contributed by atoms with E-state index in [1.807, 2.05) is 6.92 Å². The summed E-state index contributed by atoms with van der Waals surface area (Å²) in [4.78, 5) is 12.3. The molecule has 1 fully saturated rings. The zero-order chi connectivity index (χ0) is 23.3. The van der Waals surface area contributed by atoms with E-state index in [2.05, 4.69) is 19.9 Å². The molecule has 2 aliphatic rings. The van der Waals surface area contributed by atoms with Crippen LogP contribution in [0.25, 0.3) is 11.0 Å². The van der Waals surface area contributed by atoms with Crippen molar-refractivity contribution in [1.29, 1.82) is 0 Å². The Balaban J connectivity index is 1.68. The average molecular weight is 466 g/mol. The van der Waals surface area contributed by atoms with E-state index in [1.54, 1.807) is 0 Å². The lowest BCUT2D eigenvalue weighted by Crippen LogP contribution is -2.53. The van der Waals surface area contributed by atoms with Crippen LogP contribution in [-0.4, -0.2) is 59.0 Å². The van der Waals surface area contributed by atoms with Gasteiger partial charge in [0.15, 0.2) is 5.82 Å². The second kappa shape index (κ2) is 8.07. The van der Waals surface area contributed by atoms with Crippen LogP contribution >= 0.6 is 0 Å². The molecule has 0 amide bonds. The third-order valence-electron chi connectivity index (χ3n) is 5.72. The topological polar surface area (TPSA) is 62.7 Å². The molecule has 3 heterocycles. The molecular weight excluding hydrogens is 447 g/mol. The van der Waals surface area contributed by atoms with Gasteiger partial charge < -0.3 is 14.5 Å². The predicted molar refractivity (Wildman–Crippen MR) is 110 cm³/mol. The summed E-state index contributed by atoms with van der Waals surface area (Å²) in [6.45, 7) is 3.62. The smallest absolute Gasteiger partial charge is 0.449 e. The Bertz CT molecular complexity index is 1240. The summed E-state index contributed by atoms with van der Waals surface area (Å²) in [6, 6.07) is 5.70. The largest absolute Gasteiger partial charge is 0.491 e. The molecule has 2 atom stereocenters. The zero-order valence-corrected chi connectivity index (χ0v) is 17.4. The van der Waals surface area contributed by atoms with Gasteiger partial charge in [-0.15, -0.1) is 0 Å². The van der Waals surface area contributed by atoms with Gasteiger partial charge >= 0.3 is 6.18 Å². The standard InChI is InChI=1S/C22H19F5N4O2/c1-11-9-31(6-7-32-11)16-10-33-17-8-12(23)2-3-13(17)18(16)29-19-14(24)4-5-15-20(19)30-21(28-15)22(25,26)27/h2-5,8,11,16H,6-7,9-10H2,1H3,(H,28,30)/t11-,16+/m1/s1. The molecule has 174 valence electrons. The van der Waals surface area contributed by atoms with E-state index in [0.717, 1.165) is 6.07 Å². The maximum absolute atomic E-state index is 14.9. The number of aromatic amines is 1. The Labute approximate surface area is 185 Å². The number of aliphatic imine (C=N–C) groups is 1. The first-order valence-corrected chi connectivity index (χ1v) is 10.3. The fourth-order valence-corrected chi connectivity index (χ4v) is 4.19. The number of nitrogens with one attached hydrogen (secondary N) is 1. The summed E-state index contributed by atoms with van der Waals surface area (Å²) in [5, 5.41) is 0. The van der Waals surface area contributed by atoms with Gasteiger partial charge in [0.05, 0.1) is 30.0 Å². The highest BCUT2D eigenvalue weighted by Crippen LogP contribution is 2.36. The summed E-state index contributed by atoms with van der Waals surface area (Å²) in [6.07, 6.45) is -4.79. The number of benzene rings is 2. The molecule has 2 aromatic carbocycles. The fraction of sp³-hybridized carbons (Fsp3) is 0.364. The van der Waals surface area contributed by atoms with Crippen LogP contribution in [0.3, 0.4) is 0 Å². The first kappa shape index (κ1) is 21.8. The number of hydrogen-bond acceptors (Lipinski definition) is 5. The van der Waals surface area contributed by atoms with E-state index in [1.165, 1.54) is 24.3 Å². The minimum Gasteiger partial charge on any atom is -0.491 e. The SMILES string of the molecule is C[C@@H]1CN([C@H]2COc3cc(F)ccc3C2=Nc2c(F)ccc3[nH]c(C(F)(F)F)nc23)CCO1. The third kappa shape index (κ3) is 4.06. The maximum atomic E-state index is 14.9. The van der Waals surface area contributed by atoms with Crippen LogP contribution in [-0.2, 0) is 10.9 Å². The van der Waals surface area contributed by atoms with Crippen molar-refractivity contribution in [2.45, 2.75) is 25.2 Å². The molecule has 0 saturated carbocycles. The molecule has 11 heteroatoms. The van der Waals surface area contributed by atoms with Crippen LogP contribution in [0.2, 0.25) is 0 Å². The fourth-order valence-electron chi connectivity index (χ4n) is 4.19. The molecule has 0 aliphatic carbocycles. The number of morpholine rings is 1. The van der Waals surface area contributed by atoms with E-state index >= 15 is 0 Å². The van der Waals surface area contributed by atoms with Gasteiger partial charge in [0.1, 0.15) is 29.4 Å². The Kier molecular flexibility index (Phi) is 5.32. The van der Waals surface area contributed by atoms with Crippen molar-refractivity contribution in [1.82, 2.24) is 14.9 Å². The minimum atomic E-state index is -4.73. The van der Waals surface area contributed by atoms with Crippen molar-refractivity contribution in [2.75, 3.05) is 26.3 Å². The van der Waals surface area contributed by atoms with Gasteiger partial charge in [0, 0.05) is 24.7 Å². The summed E-state index contributed by atoms with van der Waals surface area (Å²) in [5.74, 6) is -2.34. The second-order valence-electron chi connectivity index (χ2n) is 8.02. The summed E-state index contributed by atoms with van der Waals surface area (Å²) in [7, 11) is 0. The number of nitrogens with zero attached hydrogens (tertiary/aromatic N) is 3. The van der Waals surface area contributed by atoms with Crippen molar-refractivity contribution in [3.05, 3.63) is 53.4 Å². The molecule has 0 unspecified atom stereocenters. The molecule has 1 saturated heterocycles. The molecule has 1 N–H and O–H groups in total. The number of imidazole rings is 1. The molecule has 3 aromatic rings. The lowest BCUT2D eigenvalue weighted by atomic mass is 9.97. The number of rotatable bonds is 2. The average Bonchev–Trinajstić information content (AvgIpc) is 3.21. The lowest BCUT2D eigenvalue weighted by Gasteiger charge is -2.39. The van der Waals surface area contributed by atoms with Gasteiger partial charge in [-0.1, -0.05) is 0 Å². The molecule has 6 nitrogen and oxygen atoms in total. The molecule has 0 bridgehead atoms. The third-order valence-corrected chi connectivity index (χ3v) is 5.72. The normalized spacial score (nSPS) is 23.0. The van der Waals surface area contributed by atoms with Gasteiger partial charge in [-0.25, -0.2) is 18.8 Å². The number of H-pyrrole nitrogens is 1. The number of ether oxygens (including phenoxy) is 2. The first-order valence-electron chi connectivity index (χ1n) is 10.3. The van der Waals surface area contributed by atoms with Gasteiger partial charge in [0.25, 0.3) is 0 Å². The van der Waals surface area contributed by atoms with E-state index in [-0.39, 0.29) is 35.2 Å². The Morgan fingerprint density at radius 1 is 1.18 bits per heavy atom. The summed E-state index contributed by atoms with van der Waals surface area (Å²) >= 11 is 0. The van der Waals surface area contributed by atoms with Crippen LogP contribution in [0.15, 0.2) is 35.3 Å². The van der Waals surface area contributed by atoms with Gasteiger partial charge in [0.2, 0.25) is 5.82 Å². The van der Waals surface area contributed by atoms with Crippen molar-refractivity contribution in [2.24, 2.45) is 4.99 Å².